The molecule has 0 unspecified atom stereocenters. The first kappa shape index (κ1) is 23.2. The first-order valence-corrected chi connectivity index (χ1v) is 12.9. The predicted molar refractivity (Wildman–Crippen MR) is 146 cm³/mol. The number of benzene rings is 3. The second-order valence-electron chi connectivity index (χ2n) is 10.3. The van der Waals surface area contributed by atoms with Crippen LogP contribution in [0.5, 0.6) is 0 Å². The lowest BCUT2D eigenvalue weighted by Gasteiger charge is -2.52. The van der Waals surface area contributed by atoms with Gasteiger partial charge < -0.3 is 0 Å². The third-order valence-electron chi connectivity index (χ3n) is 8.35. The van der Waals surface area contributed by atoms with Crippen molar-refractivity contribution in [3.8, 4) is 0 Å². The Hall–Kier alpha value is -4.91. The molecule has 3 aromatic carbocycles. The smallest absolute Gasteiger partial charge is 0.271 e. The number of aromatic nitrogens is 1. The number of carbonyl (C=O) groups is 3. The second kappa shape index (κ2) is 8.56. The maximum Gasteiger partial charge on any atom is 0.271 e. The summed E-state index contributed by atoms with van der Waals surface area (Å²) in [4.78, 5) is 46.6. The number of nitrogens with one attached hydrogen (secondary N) is 1. The van der Waals surface area contributed by atoms with Crippen LogP contribution in [0.1, 0.15) is 44.1 Å². The Morgan fingerprint density at radius 2 is 1.49 bits per heavy atom. The predicted octanol–water partition coefficient (Wildman–Crippen LogP) is 4.36. The van der Waals surface area contributed by atoms with Gasteiger partial charge in [0.25, 0.3) is 5.91 Å². The third kappa shape index (κ3) is 3.19. The summed E-state index contributed by atoms with van der Waals surface area (Å²) in [5.41, 5.74) is 7.51. The van der Waals surface area contributed by atoms with Crippen molar-refractivity contribution in [3.05, 3.63) is 131 Å². The Morgan fingerprint density at radius 3 is 2.13 bits per heavy atom. The quantitative estimate of drug-likeness (QED) is 0.250. The largest absolute Gasteiger partial charge is 0.274 e. The summed E-state index contributed by atoms with van der Waals surface area (Å²) in [5, 5.41) is 4.44. The number of amides is 3. The zero-order valence-corrected chi connectivity index (χ0v) is 21.1. The van der Waals surface area contributed by atoms with Gasteiger partial charge in [-0.1, -0.05) is 66.2 Å². The fourth-order valence-corrected chi connectivity index (χ4v) is 6.76. The van der Waals surface area contributed by atoms with Gasteiger partial charge in [-0.2, -0.15) is 5.10 Å². The minimum atomic E-state index is -1.04. The van der Waals surface area contributed by atoms with Crippen LogP contribution in [0, 0.1) is 18.8 Å². The molecule has 39 heavy (non-hydrogen) atoms. The zero-order valence-electron chi connectivity index (χ0n) is 21.1. The highest BCUT2D eigenvalue weighted by molar-refractivity contribution is 6.25. The number of hydrazone groups is 1. The molecule has 1 N–H and O–H groups in total. The van der Waals surface area contributed by atoms with Gasteiger partial charge in [0.05, 0.1) is 22.9 Å². The molecular formula is C32H24N4O3. The van der Waals surface area contributed by atoms with Crippen LogP contribution in [-0.4, -0.2) is 28.9 Å². The molecule has 190 valence electrons. The number of imide groups is 1. The molecule has 8 rings (SSSR count). The van der Waals surface area contributed by atoms with Crippen molar-refractivity contribution in [1.82, 2.24) is 10.4 Å². The van der Waals surface area contributed by atoms with E-state index in [0.29, 0.717) is 11.3 Å². The minimum Gasteiger partial charge on any atom is -0.274 e. The van der Waals surface area contributed by atoms with Gasteiger partial charge in [0.1, 0.15) is 0 Å². The lowest BCUT2D eigenvalue weighted by atomic mass is 9.47. The van der Waals surface area contributed by atoms with Gasteiger partial charge >= 0.3 is 0 Å². The fourth-order valence-electron chi connectivity index (χ4n) is 6.76. The molecule has 1 fully saturated rings. The number of pyridine rings is 1. The van der Waals surface area contributed by atoms with Gasteiger partial charge in [0, 0.05) is 30.1 Å². The van der Waals surface area contributed by atoms with Crippen LogP contribution in [-0.2, 0) is 15.0 Å². The first-order valence-electron chi connectivity index (χ1n) is 12.9. The van der Waals surface area contributed by atoms with E-state index >= 15 is 0 Å². The molecule has 3 aliphatic carbocycles. The Labute approximate surface area is 225 Å². The van der Waals surface area contributed by atoms with E-state index in [0.717, 1.165) is 27.8 Å². The van der Waals surface area contributed by atoms with Gasteiger partial charge in [0.15, 0.2) is 0 Å². The Bertz CT molecular complexity index is 1630. The van der Waals surface area contributed by atoms with Crippen molar-refractivity contribution >= 4 is 29.6 Å². The van der Waals surface area contributed by atoms with Crippen LogP contribution in [0.25, 0.3) is 0 Å². The molecule has 0 spiro atoms. The maximum atomic E-state index is 14.3. The summed E-state index contributed by atoms with van der Waals surface area (Å²) in [7, 11) is 0. The van der Waals surface area contributed by atoms with Gasteiger partial charge in [-0.3, -0.25) is 19.4 Å². The molecule has 2 heterocycles. The van der Waals surface area contributed by atoms with E-state index in [2.05, 4.69) is 15.5 Å². The highest BCUT2D eigenvalue weighted by Gasteiger charge is 2.68. The zero-order chi connectivity index (χ0) is 26.7. The molecule has 4 aliphatic rings. The normalized spacial score (nSPS) is 24.4. The average Bonchev–Trinajstić information content (AvgIpc) is 3.25. The van der Waals surface area contributed by atoms with Crippen molar-refractivity contribution in [3.63, 3.8) is 0 Å². The molecule has 2 bridgehead atoms. The fraction of sp³-hybridized carbons (Fsp3) is 0.156. The van der Waals surface area contributed by atoms with Crippen LogP contribution < -0.4 is 10.3 Å². The van der Waals surface area contributed by atoms with E-state index in [1.165, 1.54) is 4.90 Å². The summed E-state index contributed by atoms with van der Waals surface area (Å²) < 4.78 is 0. The van der Waals surface area contributed by atoms with E-state index in [-0.39, 0.29) is 23.6 Å². The summed E-state index contributed by atoms with van der Waals surface area (Å²) in [6.07, 6.45) is 4.75. The monoisotopic (exact) mass is 512 g/mol. The second-order valence-corrected chi connectivity index (χ2v) is 10.3. The SMILES string of the molecule is Cc1ccc(N2C(=O)[C@@H]3[C@@H](C2=O)C2c4ccccc4C3(/C=N/NC(=O)c3ccncc3)c3ccccc32)cc1. The van der Waals surface area contributed by atoms with E-state index in [1.807, 2.05) is 79.7 Å². The molecule has 1 aromatic heterocycles. The molecular weight excluding hydrogens is 488 g/mol. The van der Waals surface area contributed by atoms with Crippen molar-refractivity contribution < 1.29 is 14.4 Å². The van der Waals surface area contributed by atoms with Crippen LogP contribution in [0.4, 0.5) is 5.69 Å². The lowest BCUT2D eigenvalue weighted by molar-refractivity contribution is -0.122. The van der Waals surface area contributed by atoms with Gasteiger partial charge in [-0.05, 0) is 53.4 Å². The Kier molecular flexibility index (Phi) is 5.10. The van der Waals surface area contributed by atoms with Crippen molar-refractivity contribution in [2.45, 2.75) is 18.3 Å². The topological polar surface area (TPSA) is 91.7 Å². The molecule has 0 saturated carbocycles. The van der Waals surface area contributed by atoms with E-state index in [1.54, 1.807) is 30.7 Å². The van der Waals surface area contributed by atoms with E-state index in [4.69, 9.17) is 0 Å². The highest BCUT2D eigenvalue weighted by Crippen LogP contribution is 2.63. The number of nitrogens with zero attached hydrogens (tertiary/aromatic N) is 3. The molecule has 1 aliphatic heterocycles. The molecule has 7 heteroatoms. The molecule has 2 atom stereocenters. The van der Waals surface area contributed by atoms with E-state index in [9.17, 15) is 14.4 Å². The number of hydrogen-bond acceptors (Lipinski definition) is 5. The number of rotatable bonds is 4. The molecule has 7 nitrogen and oxygen atoms in total. The van der Waals surface area contributed by atoms with Crippen molar-refractivity contribution in [2.75, 3.05) is 4.90 Å². The van der Waals surface area contributed by atoms with Crippen molar-refractivity contribution in [2.24, 2.45) is 16.9 Å². The summed E-state index contributed by atoms with van der Waals surface area (Å²) in [6, 6.07) is 26.6. The van der Waals surface area contributed by atoms with Gasteiger partial charge in [0.2, 0.25) is 11.8 Å². The highest BCUT2D eigenvalue weighted by atomic mass is 16.2. The maximum absolute atomic E-state index is 14.3. The lowest BCUT2D eigenvalue weighted by Crippen LogP contribution is -2.54. The molecule has 4 aromatic rings. The summed E-state index contributed by atoms with van der Waals surface area (Å²) in [6.45, 7) is 1.97. The standard InChI is InChI=1S/C32H24N4O3/c1-19-10-12-21(13-11-19)36-30(38)27-26-22-6-2-4-8-24(22)32(28(27)31(36)39,25-9-5-3-7-23(25)26)18-34-35-29(37)20-14-16-33-17-15-20/h2-18,26-28H,1H3,(H,35,37)/b34-18+/t26?,27-,28-,32?/m0/s1. The third-order valence-corrected chi connectivity index (χ3v) is 8.35. The summed E-state index contributed by atoms with van der Waals surface area (Å²) >= 11 is 0. The van der Waals surface area contributed by atoms with Crippen LogP contribution in [0.2, 0.25) is 0 Å². The van der Waals surface area contributed by atoms with Gasteiger partial charge in [-0.25, -0.2) is 10.3 Å². The molecule has 3 amide bonds. The number of aryl methyl sites for hydroxylation is 1. The number of carbonyl (C=O) groups excluding carboxylic acids is 3. The Balaban J connectivity index is 1.41. The average molecular weight is 513 g/mol. The van der Waals surface area contributed by atoms with Crippen LogP contribution in [0.3, 0.4) is 0 Å². The van der Waals surface area contributed by atoms with E-state index < -0.39 is 17.3 Å². The van der Waals surface area contributed by atoms with Crippen LogP contribution in [0.15, 0.2) is 102 Å². The number of anilines is 1. The van der Waals surface area contributed by atoms with Crippen molar-refractivity contribution in [1.29, 1.82) is 0 Å². The minimum absolute atomic E-state index is 0.207. The van der Waals surface area contributed by atoms with Gasteiger partial charge in [-0.15, -0.1) is 0 Å². The summed E-state index contributed by atoms with van der Waals surface area (Å²) in [5.74, 6) is -2.40. The molecule has 0 radical (unpaired) electrons. The van der Waals surface area contributed by atoms with Crippen LogP contribution >= 0.6 is 0 Å². The first-order chi connectivity index (χ1) is 19.0. The molecule has 1 saturated heterocycles. The Morgan fingerprint density at radius 1 is 0.872 bits per heavy atom. The number of hydrogen-bond donors (Lipinski definition) is 1.